The van der Waals surface area contributed by atoms with Gasteiger partial charge in [-0.15, -0.1) is 0 Å². The summed E-state index contributed by atoms with van der Waals surface area (Å²) < 4.78 is 33.6. The quantitative estimate of drug-likeness (QED) is 0.366. The molecule has 0 aliphatic rings. The van der Waals surface area contributed by atoms with Gasteiger partial charge in [0.2, 0.25) is 5.91 Å². The minimum Gasteiger partial charge on any atom is -0.495 e. The Balaban J connectivity index is 1.56. The van der Waals surface area contributed by atoms with Crippen LogP contribution in [0, 0.1) is 0 Å². The van der Waals surface area contributed by atoms with Gasteiger partial charge in [-0.2, -0.15) is 0 Å². The first-order valence-electron chi connectivity index (χ1n) is 10.1. The Morgan fingerprint density at radius 2 is 1.64 bits per heavy atom. The Kier molecular flexibility index (Phi) is 6.53. The monoisotopic (exact) mass is 480 g/mol. The number of hydrogen-bond donors (Lipinski definition) is 2. The zero-order valence-electron chi connectivity index (χ0n) is 17.7. The van der Waals surface area contributed by atoms with Gasteiger partial charge < -0.3 is 10.1 Å². The second-order valence-corrected chi connectivity index (χ2v) is 9.40. The number of methoxy groups -OCH3 is 1. The molecule has 0 bridgehead atoms. The number of rotatable bonds is 7. The number of anilines is 2. The lowest BCUT2D eigenvalue weighted by atomic mass is 10.0. The van der Waals surface area contributed by atoms with E-state index in [1.165, 1.54) is 25.3 Å². The molecular weight excluding hydrogens is 460 g/mol. The van der Waals surface area contributed by atoms with Gasteiger partial charge in [-0.1, -0.05) is 66.2 Å². The van der Waals surface area contributed by atoms with Gasteiger partial charge in [-0.05, 0) is 46.7 Å². The van der Waals surface area contributed by atoms with Gasteiger partial charge in [-0.3, -0.25) is 9.52 Å². The van der Waals surface area contributed by atoms with Gasteiger partial charge >= 0.3 is 0 Å². The number of ether oxygens (including phenoxy) is 1. The molecule has 4 aromatic rings. The molecule has 1 amide bonds. The van der Waals surface area contributed by atoms with Crippen LogP contribution in [-0.4, -0.2) is 21.4 Å². The Labute approximate surface area is 197 Å². The van der Waals surface area contributed by atoms with E-state index in [0.29, 0.717) is 11.4 Å². The zero-order valence-corrected chi connectivity index (χ0v) is 19.3. The molecular formula is C25H21ClN2O4S. The van der Waals surface area contributed by atoms with E-state index in [1.807, 2.05) is 42.5 Å². The fourth-order valence-electron chi connectivity index (χ4n) is 3.51. The van der Waals surface area contributed by atoms with E-state index in [1.54, 1.807) is 24.3 Å². The van der Waals surface area contributed by atoms with E-state index in [9.17, 15) is 13.2 Å². The second-order valence-electron chi connectivity index (χ2n) is 7.31. The van der Waals surface area contributed by atoms with Crippen molar-refractivity contribution in [2.24, 2.45) is 0 Å². The number of amides is 1. The summed E-state index contributed by atoms with van der Waals surface area (Å²) in [5, 5.41) is 4.99. The number of carbonyl (C=O) groups is 1. The SMILES string of the molecule is COc1ccccc1NS(=O)(=O)c1ccc(Cl)c(NC(=O)Cc2cccc3ccccc23)c1. The van der Waals surface area contributed by atoms with Crippen LogP contribution in [0.3, 0.4) is 0 Å². The van der Waals surface area contributed by atoms with Crippen LogP contribution < -0.4 is 14.8 Å². The summed E-state index contributed by atoms with van der Waals surface area (Å²) in [4.78, 5) is 12.7. The topological polar surface area (TPSA) is 84.5 Å². The Morgan fingerprint density at radius 3 is 2.45 bits per heavy atom. The van der Waals surface area contributed by atoms with Crippen LogP contribution in [0.4, 0.5) is 11.4 Å². The van der Waals surface area contributed by atoms with E-state index < -0.39 is 10.0 Å². The predicted octanol–water partition coefficient (Wildman–Crippen LogP) is 5.48. The van der Waals surface area contributed by atoms with Crippen molar-refractivity contribution in [1.82, 2.24) is 0 Å². The Bertz CT molecular complexity index is 1430. The van der Waals surface area contributed by atoms with Crippen LogP contribution >= 0.6 is 11.6 Å². The summed E-state index contributed by atoms with van der Waals surface area (Å²) in [5.74, 6) is 0.0825. The lowest BCUT2D eigenvalue weighted by molar-refractivity contribution is -0.115. The first-order valence-corrected chi connectivity index (χ1v) is 12.0. The van der Waals surface area contributed by atoms with Crippen LogP contribution in [-0.2, 0) is 21.2 Å². The van der Waals surface area contributed by atoms with E-state index in [-0.39, 0.29) is 27.9 Å². The number of fused-ring (bicyclic) bond motifs is 1. The van der Waals surface area contributed by atoms with Crippen molar-refractivity contribution in [3.05, 3.63) is 95.5 Å². The zero-order chi connectivity index (χ0) is 23.4. The molecule has 33 heavy (non-hydrogen) atoms. The van der Waals surface area contributed by atoms with Gasteiger partial charge in [0, 0.05) is 0 Å². The summed E-state index contributed by atoms with van der Waals surface area (Å²) in [6.07, 6.45) is 0.119. The van der Waals surface area contributed by atoms with E-state index in [2.05, 4.69) is 10.0 Å². The molecule has 0 radical (unpaired) electrons. The molecule has 0 aromatic heterocycles. The summed E-state index contributed by atoms with van der Waals surface area (Å²) in [7, 11) is -2.49. The lowest BCUT2D eigenvalue weighted by Crippen LogP contribution is -2.17. The summed E-state index contributed by atoms with van der Waals surface area (Å²) >= 11 is 6.25. The van der Waals surface area contributed by atoms with E-state index >= 15 is 0 Å². The number of nitrogens with one attached hydrogen (secondary N) is 2. The third kappa shape index (κ3) is 5.10. The van der Waals surface area contributed by atoms with Crippen molar-refractivity contribution in [3.8, 4) is 5.75 Å². The molecule has 0 aliphatic heterocycles. The average molecular weight is 481 g/mol. The van der Waals surface area contributed by atoms with Crippen molar-refractivity contribution >= 4 is 49.7 Å². The summed E-state index contributed by atoms with van der Waals surface area (Å²) in [6, 6.07) is 24.4. The molecule has 4 rings (SSSR count). The highest BCUT2D eigenvalue weighted by Gasteiger charge is 2.19. The minimum absolute atomic E-state index is 0.0433. The van der Waals surface area contributed by atoms with Crippen LogP contribution in [0.15, 0.2) is 89.8 Å². The molecule has 0 atom stereocenters. The maximum Gasteiger partial charge on any atom is 0.262 e. The van der Waals surface area contributed by atoms with Crippen LogP contribution in [0.5, 0.6) is 5.75 Å². The molecule has 0 unspecified atom stereocenters. The number of sulfonamides is 1. The molecule has 0 spiro atoms. The largest absolute Gasteiger partial charge is 0.495 e. The predicted molar refractivity (Wildman–Crippen MR) is 132 cm³/mol. The molecule has 0 heterocycles. The molecule has 0 aliphatic carbocycles. The van der Waals surface area contributed by atoms with E-state index in [0.717, 1.165) is 16.3 Å². The first-order chi connectivity index (χ1) is 15.9. The lowest BCUT2D eigenvalue weighted by Gasteiger charge is -2.14. The molecule has 2 N–H and O–H groups in total. The van der Waals surface area contributed by atoms with Gasteiger partial charge in [0.1, 0.15) is 5.75 Å². The summed E-state index contributed by atoms with van der Waals surface area (Å²) in [5.41, 5.74) is 1.38. The Morgan fingerprint density at radius 1 is 0.909 bits per heavy atom. The third-order valence-corrected chi connectivity index (χ3v) is 6.80. The van der Waals surface area contributed by atoms with Crippen molar-refractivity contribution in [3.63, 3.8) is 0 Å². The van der Waals surface area contributed by atoms with Crippen molar-refractivity contribution < 1.29 is 17.9 Å². The van der Waals surface area contributed by atoms with Crippen LogP contribution in [0.1, 0.15) is 5.56 Å². The van der Waals surface area contributed by atoms with Gasteiger partial charge in [0.15, 0.2) is 0 Å². The molecule has 0 fully saturated rings. The maximum atomic E-state index is 12.9. The van der Waals surface area contributed by atoms with Gasteiger partial charge in [0.05, 0.1) is 34.8 Å². The summed E-state index contributed by atoms with van der Waals surface area (Å²) in [6.45, 7) is 0. The minimum atomic E-state index is -3.95. The first kappa shape index (κ1) is 22.6. The fraction of sp³-hybridized carbons (Fsp3) is 0.0800. The maximum absolute atomic E-state index is 12.9. The number of carbonyl (C=O) groups excluding carboxylic acids is 1. The Hall–Kier alpha value is -3.55. The molecule has 0 saturated heterocycles. The van der Waals surface area contributed by atoms with Gasteiger partial charge in [-0.25, -0.2) is 8.42 Å². The number of para-hydroxylation sites is 2. The van der Waals surface area contributed by atoms with Gasteiger partial charge in [0.25, 0.3) is 10.0 Å². The third-order valence-electron chi connectivity index (χ3n) is 5.10. The number of benzene rings is 4. The van der Waals surface area contributed by atoms with Crippen molar-refractivity contribution in [1.29, 1.82) is 0 Å². The highest BCUT2D eigenvalue weighted by molar-refractivity contribution is 7.92. The standard InChI is InChI=1S/C25H21ClN2O4S/c1-32-24-12-5-4-11-22(24)28-33(30,31)19-13-14-21(26)23(16-19)27-25(29)15-18-9-6-8-17-7-2-3-10-20(17)18/h2-14,16,28H,15H2,1H3,(H,27,29). The second kappa shape index (κ2) is 9.52. The molecule has 8 heteroatoms. The fourth-order valence-corrected chi connectivity index (χ4v) is 4.77. The smallest absolute Gasteiger partial charge is 0.262 e. The molecule has 168 valence electrons. The highest BCUT2D eigenvalue weighted by Crippen LogP contribution is 2.30. The number of halogens is 1. The normalized spacial score (nSPS) is 11.2. The van der Waals surface area contributed by atoms with E-state index in [4.69, 9.17) is 16.3 Å². The van der Waals surface area contributed by atoms with Crippen LogP contribution in [0.2, 0.25) is 5.02 Å². The van der Waals surface area contributed by atoms with Crippen molar-refractivity contribution in [2.75, 3.05) is 17.1 Å². The number of hydrogen-bond acceptors (Lipinski definition) is 4. The van der Waals surface area contributed by atoms with Crippen LogP contribution in [0.25, 0.3) is 10.8 Å². The highest BCUT2D eigenvalue weighted by atomic mass is 35.5. The van der Waals surface area contributed by atoms with Crippen molar-refractivity contribution in [2.45, 2.75) is 11.3 Å². The molecule has 4 aromatic carbocycles. The average Bonchev–Trinajstić information content (AvgIpc) is 2.81. The molecule has 6 nitrogen and oxygen atoms in total. The molecule has 0 saturated carbocycles.